The van der Waals surface area contributed by atoms with Crippen LogP contribution in [0, 0.1) is 0 Å². The Balaban J connectivity index is 1.39. The summed E-state index contributed by atoms with van der Waals surface area (Å²) in [5.41, 5.74) is 0. The number of nitrogens with zero attached hydrogens (tertiary/aromatic N) is 5. The maximum Gasteiger partial charge on any atom is 0.240 e. The second-order valence-electron chi connectivity index (χ2n) is 6.65. The molecule has 0 saturated carbocycles. The van der Waals surface area contributed by atoms with E-state index < -0.39 is 0 Å². The van der Waals surface area contributed by atoms with E-state index in [4.69, 9.17) is 14.4 Å². The Labute approximate surface area is 143 Å². The molecule has 1 aromatic rings. The normalized spacial score (nSPS) is 22.2. The number of hydrogen-bond donors (Lipinski definition) is 1. The van der Waals surface area contributed by atoms with E-state index in [-0.39, 0.29) is 6.61 Å². The van der Waals surface area contributed by atoms with Crippen molar-refractivity contribution in [1.82, 2.24) is 24.8 Å². The number of aromatic nitrogens is 2. The molecule has 0 unspecified atom stereocenters. The van der Waals surface area contributed by atoms with Crippen molar-refractivity contribution >= 4 is 0 Å². The number of aliphatic hydroxyl groups excluding tert-OH is 1. The Hall–Kier alpha value is -1.06. The molecule has 0 aromatic carbocycles. The lowest BCUT2D eigenvalue weighted by Gasteiger charge is -2.42. The van der Waals surface area contributed by atoms with Crippen LogP contribution in [0.25, 0.3) is 0 Å². The Morgan fingerprint density at radius 2 is 1.88 bits per heavy atom. The molecule has 0 radical (unpaired) electrons. The highest BCUT2D eigenvalue weighted by molar-refractivity contribution is 4.88. The summed E-state index contributed by atoms with van der Waals surface area (Å²) in [6, 6.07) is 0.685. The van der Waals surface area contributed by atoms with Gasteiger partial charge in [0.15, 0.2) is 5.82 Å². The molecular formula is C16H29N5O3. The van der Waals surface area contributed by atoms with E-state index in [1.165, 1.54) is 12.8 Å². The largest absolute Gasteiger partial charge is 0.395 e. The fraction of sp³-hybridized carbons (Fsp3) is 0.875. The van der Waals surface area contributed by atoms with Gasteiger partial charge in [-0.3, -0.25) is 14.7 Å². The van der Waals surface area contributed by atoms with Gasteiger partial charge in [0.05, 0.1) is 13.2 Å². The van der Waals surface area contributed by atoms with Crippen molar-refractivity contribution in [3.8, 4) is 0 Å². The van der Waals surface area contributed by atoms with Crippen molar-refractivity contribution in [2.45, 2.75) is 32.0 Å². The summed E-state index contributed by atoms with van der Waals surface area (Å²) in [6.07, 6.45) is 2.39. The molecule has 0 amide bonds. The van der Waals surface area contributed by atoms with E-state index in [0.717, 1.165) is 52.4 Å². The summed E-state index contributed by atoms with van der Waals surface area (Å²) in [7, 11) is 1.63. The van der Waals surface area contributed by atoms with Gasteiger partial charge in [-0.05, 0) is 12.8 Å². The summed E-state index contributed by atoms with van der Waals surface area (Å²) in [4.78, 5) is 11.7. The number of hydrogen-bond acceptors (Lipinski definition) is 8. The molecule has 136 valence electrons. The van der Waals surface area contributed by atoms with E-state index in [2.05, 4.69) is 24.8 Å². The number of rotatable bonds is 7. The molecule has 2 fully saturated rings. The first-order valence-corrected chi connectivity index (χ1v) is 8.88. The average Bonchev–Trinajstić information content (AvgIpc) is 3.04. The summed E-state index contributed by atoms with van der Waals surface area (Å²) >= 11 is 0. The molecule has 0 atom stereocenters. The van der Waals surface area contributed by atoms with Gasteiger partial charge in [0.25, 0.3) is 0 Å². The number of ether oxygens (including phenoxy) is 1. The molecule has 2 saturated heterocycles. The van der Waals surface area contributed by atoms with Crippen LogP contribution in [-0.2, 0) is 17.9 Å². The zero-order chi connectivity index (χ0) is 16.8. The lowest BCUT2D eigenvalue weighted by Crippen LogP contribution is -2.53. The molecule has 0 aliphatic carbocycles. The fourth-order valence-electron chi connectivity index (χ4n) is 3.67. The van der Waals surface area contributed by atoms with E-state index in [1.807, 2.05) is 0 Å². The molecule has 2 aliphatic rings. The van der Waals surface area contributed by atoms with Gasteiger partial charge >= 0.3 is 0 Å². The predicted molar refractivity (Wildman–Crippen MR) is 88.4 cm³/mol. The Kier molecular flexibility index (Phi) is 6.56. The number of likely N-dealkylation sites (tertiary alicyclic amines) is 1. The zero-order valence-electron chi connectivity index (χ0n) is 14.6. The topological polar surface area (TPSA) is 78.1 Å². The third-order valence-corrected chi connectivity index (χ3v) is 5.04. The SMILES string of the molecule is COCc1noc(CN2CCC(N3CCN(CCO)CC3)CC2)n1. The third kappa shape index (κ3) is 4.73. The molecule has 8 nitrogen and oxygen atoms in total. The van der Waals surface area contributed by atoms with Crippen molar-refractivity contribution in [2.24, 2.45) is 0 Å². The first-order valence-electron chi connectivity index (χ1n) is 8.88. The molecule has 3 rings (SSSR count). The molecule has 1 N–H and O–H groups in total. The van der Waals surface area contributed by atoms with Gasteiger partial charge in [-0.2, -0.15) is 4.98 Å². The fourth-order valence-corrected chi connectivity index (χ4v) is 3.67. The van der Waals surface area contributed by atoms with Crippen molar-refractivity contribution in [1.29, 1.82) is 0 Å². The molecule has 2 aliphatic heterocycles. The van der Waals surface area contributed by atoms with Crippen LogP contribution >= 0.6 is 0 Å². The second-order valence-corrected chi connectivity index (χ2v) is 6.65. The molecule has 8 heteroatoms. The van der Waals surface area contributed by atoms with Crippen LogP contribution in [0.4, 0.5) is 0 Å². The van der Waals surface area contributed by atoms with Gasteiger partial charge in [-0.15, -0.1) is 0 Å². The first-order chi connectivity index (χ1) is 11.8. The highest BCUT2D eigenvalue weighted by Crippen LogP contribution is 2.19. The van der Waals surface area contributed by atoms with E-state index in [0.29, 0.717) is 24.4 Å². The molecule has 3 heterocycles. The first kappa shape index (κ1) is 17.8. The van der Waals surface area contributed by atoms with Gasteiger partial charge in [-0.1, -0.05) is 5.16 Å². The second kappa shape index (κ2) is 8.87. The van der Waals surface area contributed by atoms with Gasteiger partial charge < -0.3 is 14.4 Å². The Morgan fingerprint density at radius 1 is 1.12 bits per heavy atom. The highest BCUT2D eigenvalue weighted by Gasteiger charge is 2.27. The Morgan fingerprint density at radius 3 is 2.54 bits per heavy atom. The number of β-amino-alcohol motifs (C(OH)–C–C–N with tert-alkyl or cyclic N) is 1. The van der Waals surface area contributed by atoms with Gasteiger partial charge in [0, 0.05) is 59.0 Å². The third-order valence-electron chi connectivity index (χ3n) is 5.04. The van der Waals surface area contributed by atoms with Gasteiger partial charge in [-0.25, -0.2) is 0 Å². The summed E-state index contributed by atoms with van der Waals surface area (Å²) in [5.74, 6) is 1.29. The van der Waals surface area contributed by atoms with Gasteiger partial charge in [0.2, 0.25) is 5.89 Å². The van der Waals surface area contributed by atoms with Crippen molar-refractivity contribution < 1.29 is 14.4 Å². The molecule has 24 heavy (non-hydrogen) atoms. The van der Waals surface area contributed by atoms with Crippen molar-refractivity contribution in [2.75, 3.05) is 59.5 Å². The van der Waals surface area contributed by atoms with Crippen LogP contribution in [0.15, 0.2) is 4.52 Å². The summed E-state index contributed by atoms with van der Waals surface area (Å²) < 4.78 is 10.3. The lowest BCUT2D eigenvalue weighted by atomic mass is 10.0. The van der Waals surface area contributed by atoms with Crippen LogP contribution in [0.2, 0.25) is 0 Å². The van der Waals surface area contributed by atoms with Crippen molar-refractivity contribution in [3.05, 3.63) is 11.7 Å². The van der Waals surface area contributed by atoms with E-state index in [9.17, 15) is 0 Å². The number of methoxy groups -OCH3 is 1. The minimum Gasteiger partial charge on any atom is -0.395 e. The quantitative estimate of drug-likeness (QED) is 0.731. The minimum atomic E-state index is 0.264. The van der Waals surface area contributed by atoms with E-state index in [1.54, 1.807) is 7.11 Å². The van der Waals surface area contributed by atoms with Gasteiger partial charge in [0.1, 0.15) is 6.61 Å². The van der Waals surface area contributed by atoms with E-state index >= 15 is 0 Å². The smallest absolute Gasteiger partial charge is 0.240 e. The highest BCUT2D eigenvalue weighted by atomic mass is 16.5. The van der Waals surface area contributed by atoms with Crippen LogP contribution in [0.5, 0.6) is 0 Å². The number of aliphatic hydroxyl groups is 1. The summed E-state index contributed by atoms with van der Waals surface area (Å²) in [5, 5.41) is 12.9. The molecule has 0 bridgehead atoms. The van der Waals surface area contributed by atoms with Crippen LogP contribution in [-0.4, -0.2) is 95.5 Å². The minimum absolute atomic E-state index is 0.264. The summed E-state index contributed by atoms with van der Waals surface area (Å²) in [6.45, 7) is 8.73. The average molecular weight is 339 g/mol. The lowest BCUT2D eigenvalue weighted by molar-refractivity contribution is 0.0495. The number of piperazine rings is 1. The standard InChI is InChI=1S/C16H29N5O3/c1-23-13-15-17-16(24-18-15)12-20-4-2-14(3-5-20)21-8-6-19(7-9-21)10-11-22/h14,22H,2-13H2,1H3. The maximum absolute atomic E-state index is 9.03. The van der Waals surface area contributed by atoms with Crippen LogP contribution < -0.4 is 0 Å². The monoisotopic (exact) mass is 339 g/mol. The maximum atomic E-state index is 9.03. The van der Waals surface area contributed by atoms with Crippen LogP contribution in [0.1, 0.15) is 24.6 Å². The molecule has 0 spiro atoms. The van der Waals surface area contributed by atoms with Crippen molar-refractivity contribution in [3.63, 3.8) is 0 Å². The Bertz CT molecular complexity index is 482. The molecular weight excluding hydrogens is 310 g/mol. The molecule has 1 aromatic heterocycles. The zero-order valence-corrected chi connectivity index (χ0v) is 14.6. The number of piperidine rings is 1. The predicted octanol–water partition coefficient (Wildman–Crippen LogP) is -0.210. The van der Waals surface area contributed by atoms with Crippen LogP contribution in [0.3, 0.4) is 0 Å².